The average molecular weight is 386 g/mol. The smallest absolute Gasteiger partial charge is 0.324 e. The maximum atomic E-state index is 12.4. The fourth-order valence-corrected chi connectivity index (χ4v) is 4.69. The van der Waals surface area contributed by atoms with Crippen LogP contribution in [0.3, 0.4) is 0 Å². The van der Waals surface area contributed by atoms with E-state index in [0.29, 0.717) is 31.2 Å². The van der Waals surface area contributed by atoms with E-state index in [1.165, 1.54) is 33.2 Å². The molecule has 1 atom stereocenters. The first-order chi connectivity index (χ1) is 11.8. The van der Waals surface area contributed by atoms with Crippen LogP contribution in [0.25, 0.3) is 0 Å². The molecule has 1 aromatic heterocycles. The van der Waals surface area contributed by atoms with Crippen LogP contribution < -0.4 is 5.32 Å². The van der Waals surface area contributed by atoms with E-state index in [4.69, 9.17) is 0 Å². The number of rotatable bonds is 7. The number of imide groups is 1. The molecule has 0 bridgehead atoms. The van der Waals surface area contributed by atoms with Gasteiger partial charge in [0.05, 0.1) is 10.3 Å². The average Bonchev–Trinajstić information content (AvgIpc) is 3.01. The van der Waals surface area contributed by atoms with E-state index in [-0.39, 0.29) is 16.8 Å². The van der Waals surface area contributed by atoms with Gasteiger partial charge in [0.2, 0.25) is 15.9 Å². The largest absolute Gasteiger partial charge is 0.336 e. The van der Waals surface area contributed by atoms with Crippen LogP contribution in [0.15, 0.2) is 28.3 Å². The number of urea groups is 1. The molecule has 138 valence electrons. The molecule has 0 radical (unpaired) electrons. The Kier molecular flexibility index (Phi) is 6.42. The summed E-state index contributed by atoms with van der Waals surface area (Å²) in [5.41, 5.74) is 0. The van der Waals surface area contributed by atoms with Crippen LogP contribution in [0.4, 0.5) is 4.79 Å². The van der Waals surface area contributed by atoms with Gasteiger partial charge in [-0.1, -0.05) is 25.6 Å². The molecule has 25 heavy (non-hydrogen) atoms. The lowest BCUT2D eigenvalue weighted by Gasteiger charge is -2.19. The number of sulfonamides is 1. The van der Waals surface area contributed by atoms with Crippen molar-refractivity contribution in [2.45, 2.75) is 35.9 Å². The lowest BCUT2D eigenvalue weighted by atomic mass is 10.4. The second-order valence-corrected chi connectivity index (χ2v) is 8.70. The van der Waals surface area contributed by atoms with Gasteiger partial charge in [0.15, 0.2) is 0 Å². The van der Waals surface area contributed by atoms with Gasteiger partial charge in [-0.3, -0.25) is 9.69 Å². The third-order valence-electron chi connectivity index (χ3n) is 3.82. The van der Waals surface area contributed by atoms with E-state index in [0.717, 1.165) is 0 Å². The van der Waals surface area contributed by atoms with Crippen LogP contribution in [0.1, 0.15) is 20.8 Å². The summed E-state index contributed by atoms with van der Waals surface area (Å²) < 4.78 is 26.2. The highest BCUT2D eigenvalue weighted by Crippen LogP contribution is 2.24. The topological polar surface area (TPSA) is 99.7 Å². The Balaban J connectivity index is 2.07. The number of hydrogen-bond acceptors (Lipinski definition) is 6. The lowest BCUT2D eigenvalue weighted by molar-refractivity contribution is -0.126. The highest BCUT2D eigenvalue weighted by atomic mass is 32.2. The van der Waals surface area contributed by atoms with Gasteiger partial charge in [0.1, 0.15) is 4.90 Å². The summed E-state index contributed by atoms with van der Waals surface area (Å²) in [5.74, 6) is -0.290. The van der Waals surface area contributed by atoms with Crippen molar-refractivity contribution in [2.75, 3.05) is 26.2 Å². The monoisotopic (exact) mass is 386 g/mol. The molecule has 1 fully saturated rings. The highest BCUT2D eigenvalue weighted by molar-refractivity contribution is 8.00. The van der Waals surface area contributed by atoms with Gasteiger partial charge in [-0.25, -0.2) is 18.2 Å². The Labute approximate surface area is 152 Å². The maximum absolute atomic E-state index is 12.4. The van der Waals surface area contributed by atoms with E-state index in [1.807, 2.05) is 0 Å². The Morgan fingerprint density at radius 3 is 2.56 bits per heavy atom. The lowest BCUT2D eigenvalue weighted by Crippen LogP contribution is -2.38. The van der Waals surface area contributed by atoms with E-state index >= 15 is 0 Å². The fourth-order valence-electron chi connectivity index (χ4n) is 2.43. The van der Waals surface area contributed by atoms with Crippen molar-refractivity contribution in [1.29, 1.82) is 0 Å². The first-order valence-corrected chi connectivity index (χ1v) is 10.3. The molecule has 1 saturated heterocycles. The summed E-state index contributed by atoms with van der Waals surface area (Å²) in [7, 11) is -3.55. The van der Waals surface area contributed by atoms with Gasteiger partial charge in [0.25, 0.3) is 0 Å². The Bertz CT molecular complexity index is 732. The number of aromatic nitrogens is 1. The highest BCUT2D eigenvalue weighted by Gasteiger charge is 2.30. The summed E-state index contributed by atoms with van der Waals surface area (Å²) in [6, 6.07) is 2.68. The fraction of sp³-hybridized carbons (Fsp3) is 0.533. The minimum absolute atomic E-state index is 0.124. The predicted molar refractivity (Wildman–Crippen MR) is 94.8 cm³/mol. The zero-order chi connectivity index (χ0) is 18.6. The van der Waals surface area contributed by atoms with Gasteiger partial charge >= 0.3 is 6.03 Å². The molecular formula is C15H22N4O4S2. The minimum Gasteiger partial charge on any atom is -0.336 e. The molecule has 2 heterocycles. The summed E-state index contributed by atoms with van der Waals surface area (Å²) in [6.45, 7) is 6.84. The molecule has 8 nitrogen and oxygen atoms in total. The van der Waals surface area contributed by atoms with Gasteiger partial charge in [-0.2, -0.15) is 4.31 Å². The molecule has 1 N–H and O–H groups in total. The summed E-state index contributed by atoms with van der Waals surface area (Å²) in [4.78, 5) is 29.3. The number of carbonyl (C=O) groups excluding carboxylic acids is 2. The second-order valence-electron chi connectivity index (χ2n) is 5.40. The molecule has 10 heteroatoms. The van der Waals surface area contributed by atoms with Crippen molar-refractivity contribution in [3.8, 4) is 0 Å². The third-order valence-corrected chi connectivity index (χ3v) is 6.89. The molecule has 0 aliphatic carbocycles. The van der Waals surface area contributed by atoms with Crippen molar-refractivity contribution in [3.05, 3.63) is 18.3 Å². The zero-order valence-electron chi connectivity index (χ0n) is 14.4. The van der Waals surface area contributed by atoms with Crippen LogP contribution >= 0.6 is 11.8 Å². The Morgan fingerprint density at radius 2 is 2.08 bits per heavy atom. The number of nitrogens with one attached hydrogen (secondary N) is 1. The molecule has 0 aromatic carbocycles. The summed E-state index contributed by atoms with van der Waals surface area (Å²) in [5, 5.41) is 2.61. The molecule has 1 aliphatic rings. The minimum atomic E-state index is -3.55. The van der Waals surface area contributed by atoms with Crippen LogP contribution in [0, 0.1) is 0 Å². The van der Waals surface area contributed by atoms with Gasteiger partial charge in [0, 0.05) is 32.4 Å². The standard InChI is InChI=1S/C15H22N4O4S2/c1-4-18(5-2)25(22,23)12-6-7-13(17-10-12)24-11(3)14(20)19-9-8-16-15(19)21/h6-7,10-11H,4-5,8-9H2,1-3H3,(H,16,21)/t11-/m1/s1. The molecular weight excluding hydrogens is 364 g/mol. The maximum Gasteiger partial charge on any atom is 0.324 e. The van der Waals surface area contributed by atoms with Crippen LogP contribution in [0.5, 0.6) is 0 Å². The molecule has 3 amide bonds. The number of pyridine rings is 1. The number of thioether (sulfide) groups is 1. The molecule has 2 rings (SSSR count). The summed E-state index contributed by atoms with van der Waals surface area (Å²) in [6.07, 6.45) is 1.30. The number of carbonyl (C=O) groups is 2. The van der Waals surface area contributed by atoms with Gasteiger partial charge in [-0.05, 0) is 19.1 Å². The second kappa shape index (κ2) is 8.15. The summed E-state index contributed by atoms with van der Waals surface area (Å²) >= 11 is 1.19. The van der Waals surface area contributed by atoms with E-state index in [2.05, 4.69) is 10.3 Å². The van der Waals surface area contributed by atoms with Crippen molar-refractivity contribution in [3.63, 3.8) is 0 Å². The number of amides is 3. The quantitative estimate of drug-likeness (QED) is 0.706. The molecule has 0 spiro atoms. The van der Waals surface area contributed by atoms with Crippen molar-refractivity contribution >= 4 is 33.7 Å². The first kappa shape index (κ1) is 19.7. The SMILES string of the molecule is CCN(CC)S(=O)(=O)c1ccc(S[C@H](C)C(=O)N2CCNC2=O)nc1. The predicted octanol–water partition coefficient (Wildman–Crippen LogP) is 1.14. The molecule has 0 saturated carbocycles. The van der Waals surface area contributed by atoms with Crippen molar-refractivity contribution in [2.24, 2.45) is 0 Å². The van der Waals surface area contributed by atoms with Crippen molar-refractivity contribution < 1.29 is 18.0 Å². The van der Waals surface area contributed by atoms with Crippen LogP contribution in [-0.2, 0) is 14.8 Å². The number of hydrogen-bond donors (Lipinski definition) is 1. The Morgan fingerprint density at radius 1 is 1.40 bits per heavy atom. The zero-order valence-corrected chi connectivity index (χ0v) is 16.1. The van der Waals surface area contributed by atoms with Crippen LogP contribution in [0.2, 0.25) is 0 Å². The Hall–Kier alpha value is -1.65. The van der Waals surface area contributed by atoms with E-state index < -0.39 is 15.3 Å². The van der Waals surface area contributed by atoms with Crippen LogP contribution in [-0.4, -0.2) is 66.0 Å². The molecule has 0 unspecified atom stereocenters. The first-order valence-electron chi connectivity index (χ1n) is 8.03. The normalized spacial score (nSPS) is 16.2. The van der Waals surface area contributed by atoms with Gasteiger partial charge in [-0.15, -0.1) is 0 Å². The number of nitrogens with zero attached hydrogens (tertiary/aromatic N) is 3. The van der Waals surface area contributed by atoms with E-state index in [1.54, 1.807) is 26.8 Å². The molecule has 1 aliphatic heterocycles. The third kappa shape index (κ3) is 4.31. The molecule has 1 aromatic rings. The van der Waals surface area contributed by atoms with Gasteiger partial charge < -0.3 is 5.32 Å². The van der Waals surface area contributed by atoms with Crippen molar-refractivity contribution in [1.82, 2.24) is 19.5 Å². The van der Waals surface area contributed by atoms with E-state index in [9.17, 15) is 18.0 Å².